The van der Waals surface area contributed by atoms with E-state index < -0.39 is 17.1 Å². The van der Waals surface area contributed by atoms with Crippen molar-refractivity contribution in [3.05, 3.63) is 107 Å². The van der Waals surface area contributed by atoms with E-state index in [9.17, 15) is 14.7 Å². The third-order valence-corrected chi connectivity index (χ3v) is 6.26. The Labute approximate surface area is 181 Å². The van der Waals surface area contributed by atoms with Crippen LogP contribution >= 0.6 is 0 Å². The van der Waals surface area contributed by atoms with Crippen molar-refractivity contribution in [1.82, 2.24) is 0 Å². The Balaban J connectivity index is 1.71. The summed E-state index contributed by atoms with van der Waals surface area (Å²) in [5, 5.41) is 11.5. The maximum atomic E-state index is 16.2. The molecule has 0 unspecified atom stereocenters. The van der Waals surface area contributed by atoms with Crippen molar-refractivity contribution in [3.63, 3.8) is 0 Å². The number of hydrogen-bond donors (Lipinski definition) is 1. The van der Waals surface area contributed by atoms with Gasteiger partial charge in [0, 0.05) is 30.4 Å². The molecule has 0 heterocycles. The molecule has 4 heteroatoms. The van der Waals surface area contributed by atoms with Crippen LogP contribution in [-0.2, 0) is 17.6 Å². The number of carbonyl (C=O) groups excluding carboxylic acids is 2. The third kappa shape index (κ3) is 3.96. The van der Waals surface area contributed by atoms with E-state index >= 15 is 4.39 Å². The molecule has 0 bridgehead atoms. The van der Waals surface area contributed by atoms with E-state index in [1.165, 1.54) is 0 Å². The van der Waals surface area contributed by atoms with E-state index in [-0.39, 0.29) is 31.5 Å². The molecule has 0 aliphatic heterocycles. The third-order valence-electron chi connectivity index (χ3n) is 6.26. The van der Waals surface area contributed by atoms with Crippen LogP contribution in [0.2, 0.25) is 0 Å². The van der Waals surface area contributed by atoms with Gasteiger partial charge >= 0.3 is 0 Å². The van der Waals surface area contributed by atoms with Crippen molar-refractivity contribution in [2.45, 2.75) is 43.9 Å². The van der Waals surface area contributed by atoms with Crippen molar-refractivity contribution in [3.8, 4) is 0 Å². The average Bonchev–Trinajstić information content (AvgIpc) is 2.98. The lowest BCUT2D eigenvalue weighted by Crippen LogP contribution is -2.53. The van der Waals surface area contributed by atoms with Gasteiger partial charge in [-0.25, -0.2) is 4.39 Å². The predicted octanol–water partition coefficient (Wildman–Crippen LogP) is 4.81. The summed E-state index contributed by atoms with van der Waals surface area (Å²) in [5.41, 5.74) is -1.21. The van der Waals surface area contributed by atoms with Crippen molar-refractivity contribution < 1.29 is 19.1 Å². The highest BCUT2D eigenvalue weighted by atomic mass is 19.1. The second-order valence-electron chi connectivity index (χ2n) is 8.45. The van der Waals surface area contributed by atoms with Gasteiger partial charge < -0.3 is 5.11 Å². The van der Waals surface area contributed by atoms with Gasteiger partial charge in [-0.3, -0.25) is 9.59 Å². The zero-order chi connectivity index (χ0) is 22.1. The van der Waals surface area contributed by atoms with Crippen LogP contribution in [0.4, 0.5) is 4.39 Å². The van der Waals surface area contributed by atoms with Gasteiger partial charge in [-0.1, -0.05) is 84.4 Å². The quantitative estimate of drug-likeness (QED) is 0.587. The summed E-state index contributed by atoms with van der Waals surface area (Å²) in [5.74, 6) is -0.765. The molecule has 1 aliphatic carbocycles. The van der Waals surface area contributed by atoms with Crippen LogP contribution in [0.15, 0.2) is 78.9 Å². The molecular weight excluding hydrogens is 391 g/mol. The lowest BCUT2D eigenvalue weighted by molar-refractivity contribution is -0.141. The normalized spacial score (nSPS) is 23.1. The van der Waals surface area contributed by atoms with Gasteiger partial charge in [0.15, 0.2) is 11.6 Å². The molecular formula is C27H25FO3. The lowest BCUT2D eigenvalue weighted by atomic mass is 9.77. The van der Waals surface area contributed by atoms with E-state index in [1.807, 2.05) is 25.1 Å². The van der Waals surface area contributed by atoms with Gasteiger partial charge in [-0.2, -0.15) is 0 Å². The fourth-order valence-electron chi connectivity index (χ4n) is 4.50. The molecule has 0 radical (unpaired) electrons. The number of Topliss-reactive ketones (excluding diaryl/α,β-unsaturated/α-hetero) is 1. The summed E-state index contributed by atoms with van der Waals surface area (Å²) in [6, 6.07) is 23.1. The van der Waals surface area contributed by atoms with Gasteiger partial charge in [0.1, 0.15) is 5.60 Å². The molecule has 0 saturated heterocycles. The van der Waals surface area contributed by atoms with Gasteiger partial charge in [-0.15, -0.1) is 0 Å². The highest BCUT2D eigenvalue weighted by Gasteiger charge is 2.60. The summed E-state index contributed by atoms with van der Waals surface area (Å²) in [4.78, 5) is 25.7. The van der Waals surface area contributed by atoms with Crippen LogP contribution in [0.3, 0.4) is 0 Å². The molecule has 3 nitrogen and oxygen atoms in total. The number of alkyl halides is 1. The Morgan fingerprint density at radius 3 is 2.29 bits per heavy atom. The zero-order valence-corrected chi connectivity index (χ0v) is 17.5. The molecule has 1 N–H and O–H groups in total. The van der Waals surface area contributed by atoms with Crippen molar-refractivity contribution in [2.75, 3.05) is 0 Å². The minimum atomic E-state index is -2.40. The monoisotopic (exact) mass is 416 g/mol. The highest BCUT2D eigenvalue weighted by Crippen LogP contribution is 2.44. The fraction of sp³-hybridized carbons (Fsp3) is 0.259. The average molecular weight is 416 g/mol. The molecule has 0 amide bonds. The molecule has 1 saturated carbocycles. The smallest absolute Gasteiger partial charge is 0.201 e. The Morgan fingerprint density at radius 1 is 0.968 bits per heavy atom. The number of rotatable bonds is 6. The molecule has 0 aromatic heterocycles. The Morgan fingerprint density at radius 2 is 1.61 bits per heavy atom. The standard InChI is InChI=1S/C27H25FO3/c1-19-12-13-23(25(30)21-10-6-3-7-11-21)22(16-19)18-26(31)15-14-24(29)27(26,28)17-20-8-4-2-5-9-20/h2-13,16,31H,14-15,17-18H2,1H3/t26-,27+/m1/s1. The maximum absolute atomic E-state index is 16.2. The number of halogens is 1. The molecule has 1 aliphatic rings. The predicted molar refractivity (Wildman–Crippen MR) is 118 cm³/mol. The van der Waals surface area contributed by atoms with Crippen LogP contribution in [0.1, 0.15) is 45.5 Å². The topological polar surface area (TPSA) is 54.4 Å². The minimum absolute atomic E-state index is 0.0202. The summed E-state index contributed by atoms with van der Waals surface area (Å²) < 4.78 is 16.2. The maximum Gasteiger partial charge on any atom is 0.201 e. The fourth-order valence-corrected chi connectivity index (χ4v) is 4.50. The highest BCUT2D eigenvalue weighted by molar-refractivity contribution is 6.10. The van der Waals surface area contributed by atoms with Crippen LogP contribution in [0, 0.1) is 6.92 Å². The van der Waals surface area contributed by atoms with Crippen molar-refractivity contribution >= 4 is 11.6 Å². The number of benzene rings is 3. The molecule has 158 valence electrons. The van der Waals surface area contributed by atoms with Crippen LogP contribution in [-0.4, -0.2) is 27.9 Å². The molecule has 31 heavy (non-hydrogen) atoms. The SMILES string of the molecule is Cc1ccc(C(=O)c2ccccc2)c(C[C@]2(O)CCC(=O)[C@@]2(F)Cc2ccccc2)c1. The first-order valence-corrected chi connectivity index (χ1v) is 10.5. The van der Waals surface area contributed by atoms with E-state index in [0.29, 0.717) is 22.3 Å². The van der Waals surface area contributed by atoms with Gasteiger partial charge in [0.05, 0.1) is 0 Å². The summed E-state index contributed by atoms with van der Waals surface area (Å²) in [6.45, 7) is 1.89. The molecule has 3 aromatic carbocycles. The Kier molecular flexibility index (Phi) is 5.59. The van der Waals surface area contributed by atoms with E-state index in [4.69, 9.17) is 0 Å². The van der Waals surface area contributed by atoms with Crippen molar-refractivity contribution in [2.24, 2.45) is 0 Å². The number of ketones is 2. The van der Waals surface area contributed by atoms with Gasteiger partial charge in [0.2, 0.25) is 5.67 Å². The largest absolute Gasteiger partial charge is 0.386 e. The summed E-state index contributed by atoms with van der Waals surface area (Å²) in [7, 11) is 0. The number of aryl methyl sites for hydroxylation is 1. The van der Waals surface area contributed by atoms with Crippen LogP contribution in [0.25, 0.3) is 0 Å². The summed E-state index contributed by atoms with van der Waals surface area (Å²) in [6.07, 6.45) is -0.274. The van der Waals surface area contributed by atoms with E-state index in [0.717, 1.165) is 5.56 Å². The second-order valence-corrected chi connectivity index (χ2v) is 8.45. The Bertz CT molecular complexity index is 1110. The van der Waals surface area contributed by atoms with Crippen LogP contribution in [0.5, 0.6) is 0 Å². The van der Waals surface area contributed by atoms with Crippen molar-refractivity contribution in [1.29, 1.82) is 0 Å². The number of carbonyl (C=O) groups is 2. The first-order chi connectivity index (χ1) is 14.8. The zero-order valence-electron chi connectivity index (χ0n) is 17.5. The lowest BCUT2D eigenvalue weighted by Gasteiger charge is -2.35. The number of aliphatic hydroxyl groups is 1. The molecule has 2 atom stereocenters. The molecule has 1 fully saturated rings. The molecule has 4 rings (SSSR count). The van der Waals surface area contributed by atoms with Gasteiger partial charge in [0.25, 0.3) is 0 Å². The summed E-state index contributed by atoms with van der Waals surface area (Å²) >= 11 is 0. The molecule has 0 spiro atoms. The first-order valence-electron chi connectivity index (χ1n) is 10.5. The molecule has 3 aromatic rings. The van der Waals surface area contributed by atoms with E-state index in [2.05, 4.69) is 0 Å². The van der Waals surface area contributed by atoms with E-state index in [1.54, 1.807) is 60.7 Å². The van der Waals surface area contributed by atoms with Crippen LogP contribution < -0.4 is 0 Å². The number of hydrogen-bond acceptors (Lipinski definition) is 3. The Hall–Kier alpha value is -3.11. The minimum Gasteiger partial charge on any atom is -0.386 e. The van der Waals surface area contributed by atoms with Gasteiger partial charge in [-0.05, 0) is 24.5 Å². The first kappa shape index (κ1) is 21.1. The second kappa shape index (κ2) is 8.20.